The van der Waals surface area contributed by atoms with Crippen molar-refractivity contribution in [2.45, 2.75) is 32.4 Å². The Labute approximate surface area is 121 Å². The van der Waals surface area contributed by atoms with Crippen molar-refractivity contribution >= 4 is 11.7 Å². The molecule has 1 saturated carbocycles. The highest BCUT2D eigenvalue weighted by Crippen LogP contribution is 2.23. The molecule has 6 nitrogen and oxygen atoms in total. The van der Waals surface area contributed by atoms with E-state index in [-0.39, 0.29) is 11.8 Å². The maximum absolute atomic E-state index is 13.7. The van der Waals surface area contributed by atoms with Crippen molar-refractivity contribution in [1.82, 2.24) is 15.5 Å². The molecule has 2 N–H and O–H groups in total. The largest absolute Gasteiger partial charge is 0.491 e. The molecule has 1 aromatic heterocycles. The molecule has 0 saturated heterocycles. The fourth-order valence-electron chi connectivity index (χ4n) is 1.87. The fraction of sp³-hybridized carbons (Fsp3) is 0.429. The third-order valence-corrected chi connectivity index (χ3v) is 3.07. The Bertz CT molecular complexity index is 613. The van der Waals surface area contributed by atoms with Crippen molar-refractivity contribution < 1.29 is 13.5 Å². The minimum atomic E-state index is -0.433. The molecule has 1 fully saturated rings. The normalized spacial score (nSPS) is 14.2. The molecule has 1 heterocycles. The van der Waals surface area contributed by atoms with E-state index >= 15 is 0 Å². The first-order valence-electron chi connectivity index (χ1n) is 6.99. The number of ether oxygens (including phenoxy) is 1. The molecule has 1 aliphatic carbocycles. The fourth-order valence-corrected chi connectivity index (χ4v) is 1.87. The van der Waals surface area contributed by atoms with E-state index in [0.717, 1.165) is 0 Å². The molecule has 2 aromatic rings. The van der Waals surface area contributed by atoms with Crippen molar-refractivity contribution in [3.63, 3.8) is 0 Å². The van der Waals surface area contributed by atoms with E-state index in [1.54, 1.807) is 19.1 Å². The molecular formula is C14H17FN4O2. The van der Waals surface area contributed by atoms with Crippen LogP contribution in [0, 0.1) is 5.82 Å². The molecular weight excluding hydrogens is 275 g/mol. The van der Waals surface area contributed by atoms with Gasteiger partial charge in [-0.15, -0.1) is 5.10 Å². The topological polar surface area (TPSA) is 72.2 Å². The summed E-state index contributed by atoms with van der Waals surface area (Å²) < 4.78 is 24.3. The molecule has 21 heavy (non-hydrogen) atoms. The van der Waals surface area contributed by atoms with Gasteiger partial charge in [-0.2, -0.15) is 0 Å². The van der Waals surface area contributed by atoms with Gasteiger partial charge < -0.3 is 19.8 Å². The van der Waals surface area contributed by atoms with Gasteiger partial charge in [-0.25, -0.2) is 4.39 Å². The summed E-state index contributed by atoms with van der Waals surface area (Å²) in [6.45, 7) is 2.78. The van der Waals surface area contributed by atoms with Crippen LogP contribution in [0.1, 0.15) is 25.7 Å². The lowest BCUT2D eigenvalue weighted by molar-refractivity contribution is 0.321. The van der Waals surface area contributed by atoms with Crippen LogP contribution in [-0.2, 0) is 6.54 Å². The minimum Gasteiger partial charge on any atom is -0.491 e. The number of hydrogen-bond donors (Lipinski definition) is 2. The van der Waals surface area contributed by atoms with E-state index in [4.69, 9.17) is 9.15 Å². The summed E-state index contributed by atoms with van der Waals surface area (Å²) in [4.78, 5) is 0. The standard InChI is InChI=1S/C14H17FN4O2/c1-2-20-12-6-5-10(7-11(12)15)17-14-19-18-13(21-14)8-16-9-3-4-9/h5-7,9,16H,2-4,8H2,1H3,(H,17,19). The molecule has 0 aliphatic heterocycles. The van der Waals surface area contributed by atoms with Crippen molar-refractivity contribution in [3.8, 4) is 5.75 Å². The number of halogens is 1. The predicted octanol–water partition coefficient (Wildman–Crippen LogP) is 2.60. The average molecular weight is 292 g/mol. The van der Waals surface area contributed by atoms with Gasteiger partial charge >= 0.3 is 6.01 Å². The Kier molecular flexibility index (Phi) is 4.01. The van der Waals surface area contributed by atoms with Gasteiger partial charge in [0.2, 0.25) is 5.89 Å². The molecule has 0 amide bonds. The van der Waals surface area contributed by atoms with Crippen LogP contribution in [0.5, 0.6) is 5.75 Å². The van der Waals surface area contributed by atoms with Gasteiger partial charge in [0, 0.05) is 17.8 Å². The van der Waals surface area contributed by atoms with Crippen LogP contribution in [0.2, 0.25) is 0 Å². The predicted molar refractivity (Wildman–Crippen MR) is 75.0 cm³/mol. The quantitative estimate of drug-likeness (QED) is 0.817. The molecule has 3 rings (SSSR count). The van der Waals surface area contributed by atoms with Crippen LogP contribution in [0.3, 0.4) is 0 Å². The average Bonchev–Trinajstić information content (AvgIpc) is 3.20. The van der Waals surface area contributed by atoms with Crippen LogP contribution in [0.4, 0.5) is 16.1 Å². The third-order valence-electron chi connectivity index (χ3n) is 3.07. The van der Waals surface area contributed by atoms with Gasteiger partial charge in [0.15, 0.2) is 11.6 Å². The van der Waals surface area contributed by atoms with Crippen LogP contribution in [0.25, 0.3) is 0 Å². The van der Waals surface area contributed by atoms with Crippen molar-refractivity contribution in [2.75, 3.05) is 11.9 Å². The molecule has 0 bridgehead atoms. The second-order valence-electron chi connectivity index (χ2n) is 4.86. The Morgan fingerprint density at radius 1 is 1.38 bits per heavy atom. The van der Waals surface area contributed by atoms with Gasteiger partial charge in [0.25, 0.3) is 0 Å². The van der Waals surface area contributed by atoms with Gasteiger partial charge in [0.05, 0.1) is 13.2 Å². The van der Waals surface area contributed by atoms with E-state index in [1.165, 1.54) is 18.9 Å². The smallest absolute Gasteiger partial charge is 0.320 e. The molecule has 0 spiro atoms. The van der Waals surface area contributed by atoms with Crippen molar-refractivity contribution in [3.05, 3.63) is 29.9 Å². The Hall–Kier alpha value is -2.15. The summed E-state index contributed by atoms with van der Waals surface area (Å²) in [6, 6.07) is 5.41. The van der Waals surface area contributed by atoms with Crippen molar-refractivity contribution in [1.29, 1.82) is 0 Å². The summed E-state index contributed by atoms with van der Waals surface area (Å²) in [7, 11) is 0. The number of anilines is 2. The van der Waals surface area contributed by atoms with Gasteiger partial charge in [-0.05, 0) is 31.9 Å². The van der Waals surface area contributed by atoms with E-state index in [2.05, 4.69) is 20.8 Å². The Balaban J connectivity index is 1.61. The molecule has 1 aliphatic rings. The summed E-state index contributed by atoms with van der Waals surface area (Å²) >= 11 is 0. The molecule has 0 atom stereocenters. The van der Waals surface area contributed by atoms with Crippen LogP contribution in [0.15, 0.2) is 22.6 Å². The van der Waals surface area contributed by atoms with E-state index in [9.17, 15) is 4.39 Å². The number of rotatable bonds is 7. The summed E-state index contributed by atoms with van der Waals surface area (Å²) in [5.41, 5.74) is 0.529. The molecule has 112 valence electrons. The molecule has 0 unspecified atom stereocenters. The highest BCUT2D eigenvalue weighted by Gasteiger charge is 2.21. The zero-order chi connectivity index (χ0) is 14.7. The Morgan fingerprint density at radius 3 is 2.95 bits per heavy atom. The first-order valence-corrected chi connectivity index (χ1v) is 6.99. The highest BCUT2D eigenvalue weighted by molar-refractivity contribution is 5.53. The lowest BCUT2D eigenvalue weighted by Crippen LogP contribution is -2.15. The summed E-state index contributed by atoms with van der Waals surface area (Å²) in [5.74, 6) is 0.302. The molecule has 7 heteroatoms. The maximum Gasteiger partial charge on any atom is 0.320 e. The molecule has 1 aromatic carbocycles. The SMILES string of the molecule is CCOc1ccc(Nc2nnc(CNC3CC3)o2)cc1F. The second kappa shape index (κ2) is 6.09. The van der Waals surface area contributed by atoms with Crippen LogP contribution < -0.4 is 15.4 Å². The summed E-state index contributed by atoms with van der Waals surface area (Å²) in [6.07, 6.45) is 2.40. The lowest BCUT2D eigenvalue weighted by atomic mass is 10.3. The zero-order valence-electron chi connectivity index (χ0n) is 11.7. The van der Waals surface area contributed by atoms with Crippen LogP contribution >= 0.6 is 0 Å². The van der Waals surface area contributed by atoms with Crippen molar-refractivity contribution in [2.24, 2.45) is 0 Å². The third kappa shape index (κ3) is 3.69. The van der Waals surface area contributed by atoms with E-state index in [0.29, 0.717) is 30.8 Å². The monoisotopic (exact) mass is 292 g/mol. The lowest BCUT2D eigenvalue weighted by Gasteiger charge is -2.06. The molecule has 0 radical (unpaired) electrons. The Morgan fingerprint density at radius 2 is 2.24 bits per heavy atom. The second-order valence-corrected chi connectivity index (χ2v) is 4.86. The van der Waals surface area contributed by atoms with Crippen LogP contribution in [-0.4, -0.2) is 22.8 Å². The van der Waals surface area contributed by atoms with Gasteiger partial charge in [-0.3, -0.25) is 0 Å². The maximum atomic E-state index is 13.7. The first-order chi connectivity index (χ1) is 10.2. The number of aromatic nitrogens is 2. The number of hydrogen-bond acceptors (Lipinski definition) is 6. The zero-order valence-corrected chi connectivity index (χ0v) is 11.7. The minimum absolute atomic E-state index is 0.225. The highest BCUT2D eigenvalue weighted by atomic mass is 19.1. The van der Waals surface area contributed by atoms with Gasteiger partial charge in [0.1, 0.15) is 0 Å². The summed E-state index contributed by atoms with van der Waals surface area (Å²) in [5, 5.41) is 14.0. The van der Waals surface area contributed by atoms with Gasteiger partial charge in [-0.1, -0.05) is 5.10 Å². The first kappa shape index (κ1) is 13.8. The number of nitrogens with zero attached hydrogens (tertiary/aromatic N) is 2. The number of nitrogens with one attached hydrogen (secondary N) is 2. The van der Waals surface area contributed by atoms with E-state index < -0.39 is 5.82 Å². The number of benzene rings is 1. The van der Waals surface area contributed by atoms with E-state index in [1.807, 2.05) is 0 Å².